The number of fused-ring (bicyclic) bond motifs is 1. The van der Waals surface area contributed by atoms with Crippen LogP contribution in [0.1, 0.15) is 66.4 Å². The molecule has 0 heterocycles. The predicted octanol–water partition coefficient (Wildman–Crippen LogP) is 3.56. The SMILES string of the molecule is CC(=O)O[C@@H]1C2=C3C[C@@H]4C(=O)[C@@H](C)[C@](O)([C@@H](O)[C@H](OC(C)=O)[C@]2(C)CC[C@@H]3OC(=O)/C=C/c2ccccc2)C(C)(C)[C@@H]41. The lowest BCUT2D eigenvalue weighted by molar-refractivity contribution is -0.273. The van der Waals surface area contributed by atoms with Crippen molar-refractivity contribution < 1.29 is 43.6 Å². The second-order valence-electron chi connectivity index (χ2n) is 13.1. The summed E-state index contributed by atoms with van der Waals surface area (Å²) in [5, 5.41) is 24.3. The van der Waals surface area contributed by atoms with E-state index < -0.39 is 76.5 Å². The van der Waals surface area contributed by atoms with Crippen molar-refractivity contribution in [3.8, 4) is 0 Å². The topological polar surface area (TPSA) is 136 Å². The molecule has 0 aliphatic heterocycles. The number of hydrogen-bond donors (Lipinski definition) is 2. The zero-order chi connectivity index (χ0) is 30.8. The van der Waals surface area contributed by atoms with Crippen LogP contribution in [0.5, 0.6) is 0 Å². The van der Waals surface area contributed by atoms with E-state index in [2.05, 4.69) is 0 Å². The molecule has 9 heteroatoms. The monoisotopic (exact) mass is 580 g/mol. The van der Waals surface area contributed by atoms with Crippen LogP contribution in [-0.4, -0.2) is 63.9 Å². The smallest absolute Gasteiger partial charge is 0.331 e. The van der Waals surface area contributed by atoms with Crippen LogP contribution in [0.3, 0.4) is 0 Å². The van der Waals surface area contributed by atoms with Crippen LogP contribution in [0.25, 0.3) is 6.08 Å². The quantitative estimate of drug-likeness (QED) is 0.232. The highest BCUT2D eigenvalue weighted by molar-refractivity contribution is 5.88. The van der Waals surface area contributed by atoms with Gasteiger partial charge in [0.1, 0.15) is 35.8 Å². The maximum Gasteiger partial charge on any atom is 0.331 e. The van der Waals surface area contributed by atoms with Gasteiger partial charge in [-0.05, 0) is 42.0 Å². The lowest BCUT2D eigenvalue weighted by Crippen LogP contribution is -2.76. The predicted molar refractivity (Wildman–Crippen MR) is 151 cm³/mol. The number of ketones is 1. The number of hydrogen-bond acceptors (Lipinski definition) is 9. The van der Waals surface area contributed by atoms with Gasteiger partial charge in [-0.15, -0.1) is 0 Å². The average molecular weight is 581 g/mol. The van der Waals surface area contributed by atoms with E-state index in [9.17, 15) is 29.4 Å². The molecule has 42 heavy (non-hydrogen) atoms. The van der Waals surface area contributed by atoms with E-state index in [0.717, 1.165) is 5.56 Å². The van der Waals surface area contributed by atoms with Gasteiger partial charge in [-0.1, -0.05) is 58.0 Å². The molecule has 2 fully saturated rings. The highest BCUT2D eigenvalue weighted by atomic mass is 16.6. The molecular formula is C33H40O9. The number of carbonyl (C=O) groups is 4. The van der Waals surface area contributed by atoms with Crippen molar-refractivity contribution >= 4 is 29.8 Å². The van der Waals surface area contributed by atoms with Gasteiger partial charge in [0.15, 0.2) is 0 Å². The first kappa shape index (κ1) is 30.2. The Hall–Kier alpha value is -3.30. The Labute approximate surface area is 245 Å². The second kappa shape index (κ2) is 10.5. The van der Waals surface area contributed by atoms with Crippen LogP contribution in [0.15, 0.2) is 47.6 Å². The molecule has 0 saturated heterocycles. The van der Waals surface area contributed by atoms with Gasteiger partial charge in [0.05, 0.1) is 0 Å². The Morgan fingerprint density at radius 1 is 1.00 bits per heavy atom. The van der Waals surface area contributed by atoms with Gasteiger partial charge in [-0.2, -0.15) is 0 Å². The summed E-state index contributed by atoms with van der Waals surface area (Å²) >= 11 is 0. The number of Topliss-reactive ketones (excluding diaryl/α,β-unsaturated/α-hetero) is 1. The summed E-state index contributed by atoms with van der Waals surface area (Å²) in [5.74, 6) is -4.42. The minimum Gasteiger partial charge on any atom is -0.459 e. The zero-order valence-corrected chi connectivity index (χ0v) is 25.0. The van der Waals surface area contributed by atoms with Gasteiger partial charge in [0, 0.05) is 48.5 Å². The Morgan fingerprint density at radius 3 is 2.26 bits per heavy atom. The normalized spacial score (nSPS) is 38.5. The summed E-state index contributed by atoms with van der Waals surface area (Å²) in [6, 6.07) is 9.32. The number of aliphatic hydroxyl groups excluding tert-OH is 1. The molecule has 0 aromatic heterocycles. The zero-order valence-electron chi connectivity index (χ0n) is 25.0. The van der Waals surface area contributed by atoms with Gasteiger partial charge in [0.25, 0.3) is 0 Å². The molecule has 9 nitrogen and oxygen atoms in total. The van der Waals surface area contributed by atoms with Crippen molar-refractivity contribution in [3.63, 3.8) is 0 Å². The summed E-state index contributed by atoms with van der Waals surface area (Å²) < 4.78 is 17.8. The largest absolute Gasteiger partial charge is 0.459 e. The molecule has 4 aliphatic rings. The van der Waals surface area contributed by atoms with E-state index in [1.165, 1.54) is 19.9 Å². The molecule has 0 amide bonds. The number of ether oxygens (including phenoxy) is 3. The van der Waals surface area contributed by atoms with Crippen molar-refractivity contribution in [2.45, 2.75) is 90.8 Å². The molecule has 0 spiro atoms. The van der Waals surface area contributed by atoms with Gasteiger partial charge < -0.3 is 24.4 Å². The van der Waals surface area contributed by atoms with Gasteiger partial charge >= 0.3 is 17.9 Å². The molecule has 2 saturated carbocycles. The third-order valence-electron chi connectivity index (χ3n) is 10.5. The first-order valence-corrected chi connectivity index (χ1v) is 14.6. The van der Waals surface area contributed by atoms with Crippen LogP contribution in [0.4, 0.5) is 0 Å². The lowest BCUT2D eigenvalue weighted by Gasteiger charge is -2.66. The molecule has 9 atom stereocenters. The number of esters is 3. The van der Waals surface area contributed by atoms with Gasteiger partial charge in [0.2, 0.25) is 0 Å². The molecule has 226 valence electrons. The third-order valence-corrected chi connectivity index (χ3v) is 10.5. The number of aliphatic hydroxyl groups is 2. The molecule has 4 aliphatic carbocycles. The van der Waals surface area contributed by atoms with Gasteiger partial charge in [-0.3, -0.25) is 14.4 Å². The van der Waals surface area contributed by atoms with E-state index in [-0.39, 0.29) is 12.2 Å². The second-order valence-corrected chi connectivity index (χ2v) is 13.1. The van der Waals surface area contributed by atoms with Crippen LogP contribution in [-0.2, 0) is 33.4 Å². The van der Waals surface area contributed by atoms with Crippen LogP contribution < -0.4 is 0 Å². The van der Waals surface area contributed by atoms with E-state index in [1.54, 1.807) is 26.8 Å². The fourth-order valence-electron chi connectivity index (χ4n) is 8.54. The van der Waals surface area contributed by atoms with E-state index >= 15 is 0 Å². The maximum absolute atomic E-state index is 14.0. The van der Waals surface area contributed by atoms with Crippen LogP contribution in [0.2, 0.25) is 0 Å². The maximum atomic E-state index is 14.0. The Balaban J connectivity index is 1.69. The Bertz CT molecular complexity index is 1360. The molecule has 3 bridgehead atoms. The molecule has 0 radical (unpaired) electrons. The summed E-state index contributed by atoms with van der Waals surface area (Å²) in [4.78, 5) is 52.1. The van der Waals surface area contributed by atoms with Crippen molar-refractivity contribution in [3.05, 3.63) is 53.1 Å². The highest BCUT2D eigenvalue weighted by Crippen LogP contribution is 2.66. The minimum absolute atomic E-state index is 0.235. The van der Waals surface area contributed by atoms with Crippen molar-refractivity contribution in [2.75, 3.05) is 0 Å². The Kier molecular flexibility index (Phi) is 7.51. The van der Waals surface area contributed by atoms with E-state index in [4.69, 9.17) is 14.2 Å². The first-order chi connectivity index (χ1) is 19.6. The fourth-order valence-corrected chi connectivity index (χ4v) is 8.54. The minimum atomic E-state index is -1.98. The van der Waals surface area contributed by atoms with Crippen LogP contribution >= 0.6 is 0 Å². The number of benzene rings is 1. The number of carbonyl (C=O) groups excluding carboxylic acids is 4. The molecule has 2 N–H and O–H groups in total. The lowest BCUT2D eigenvalue weighted by atomic mass is 9.41. The van der Waals surface area contributed by atoms with Crippen LogP contribution in [0, 0.1) is 28.6 Å². The van der Waals surface area contributed by atoms with Crippen molar-refractivity contribution in [2.24, 2.45) is 28.6 Å². The standard InChI is InChI=1S/C33H40O9/c1-17-27(37)22-16-21-23(42-24(36)13-12-20-10-8-7-9-11-20)14-15-32(6)26(21)28(40-18(2)34)25(22)31(4,5)33(17,39)29(38)30(32)41-19(3)35/h7-13,17,22-23,25,28-30,38-39H,14-16H2,1-6H3/b13-12+/t17-,22+,23+,25+,28+,29+,30+,32-,33+/m1/s1. The summed E-state index contributed by atoms with van der Waals surface area (Å²) in [6.45, 7) is 9.46. The average Bonchev–Trinajstić information content (AvgIpc) is 2.93. The van der Waals surface area contributed by atoms with E-state index in [0.29, 0.717) is 24.0 Å². The van der Waals surface area contributed by atoms with E-state index in [1.807, 2.05) is 37.3 Å². The molecule has 1 aromatic rings. The summed E-state index contributed by atoms with van der Waals surface area (Å²) in [7, 11) is 0. The Morgan fingerprint density at radius 2 is 1.64 bits per heavy atom. The molecule has 1 aromatic carbocycles. The number of rotatable bonds is 5. The third kappa shape index (κ3) is 4.43. The molecule has 5 rings (SSSR count). The summed E-state index contributed by atoms with van der Waals surface area (Å²) in [5.41, 5.74) is -2.15. The highest BCUT2D eigenvalue weighted by Gasteiger charge is 2.73. The first-order valence-electron chi connectivity index (χ1n) is 14.6. The van der Waals surface area contributed by atoms with Crippen molar-refractivity contribution in [1.82, 2.24) is 0 Å². The van der Waals surface area contributed by atoms with Gasteiger partial charge in [-0.25, -0.2) is 4.79 Å². The fraction of sp³-hybridized carbons (Fsp3) is 0.576. The summed E-state index contributed by atoms with van der Waals surface area (Å²) in [6.07, 6.45) is -0.705. The molecule has 0 unspecified atom stereocenters. The van der Waals surface area contributed by atoms with Crippen molar-refractivity contribution in [1.29, 1.82) is 0 Å². The molecular weight excluding hydrogens is 540 g/mol.